The Labute approximate surface area is 247 Å². The second-order valence-corrected chi connectivity index (χ2v) is 10.8. The van der Waals surface area contributed by atoms with Gasteiger partial charge in [0.2, 0.25) is 0 Å². The Morgan fingerprint density at radius 3 is 2.05 bits per heavy atom. The summed E-state index contributed by atoms with van der Waals surface area (Å²) in [5, 5.41) is 5.35. The number of furan rings is 2. The number of rotatable bonds is 4. The third kappa shape index (κ3) is 3.74. The predicted octanol–water partition coefficient (Wildman–Crippen LogP) is 11.2. The van der Waals surface area contributed by atoms with Crippen LogP contribution in [-0.4, -0.2) is 4.98 Å². The van der Waals surface area contributed by atoms with Crippen molar-refractivity contribution in [2.24, 2.45) is 0 Å². The van der Waals surface area contributed by atoms with E-state index in [4.69, 9.17) is 8.83 Å². The highest BCUT2D eigenvalue weighted by Crippen LogP contribution is 2.44. The Morgan fingerprint density at radius 2 is 1.14 bits per heavy atom. The van der Waals surface area contributed by atoms with Crippen molar-refractivity contribution in [2.75, 3.05) is 4.90 Å². The van der Waals surface area contributed by atoms with Gasteiger partial charge in [-0.1, -0.05) is 72.8 Å². The third-order valence-corrected chi connectivity index (χ3v) is 8.32. The molecular weight excluding hydrogens is 528 g/mol. The van der Waals surface area contributed by atoms with Gasteiger partial charge >= 0.3 is 0 Å². The summed E-state index contributed by atoms with van der Waals surface area (Å²) in [6, 6.07) is 48.3. The molecule has 0 aliphatic carbocycles. The summed E-state index contributed by atoms with van der Waals surface area (Å²) in [6.07, 6.45) is 1.82. The average molecular weight is 553 g/mol. The van der Waals surface area contributed by atoms with E-state index < -0.39 is 0 Å². The first-order valence-electron chi connectivity index (χ1n) is 14.4. The average Bonchev–Trinajstić information content (AvgIpc) is 3.64. The number of pyridine rings is 1. The molecule has 0 atom stereocenters. The van der Waals surface area contributed by atoms with E-state index in [-0.39, 0.29) is 0 Å². The van der Waals surface area contributed by atoms with E-state index in [0.717, 1.165) is 77.4 Å². The molecule has 4 heteroatoms. The van der Waals surface area contributed by atoms with Gasteiger partial charge in [0, 0.05) is 44.9 Å². The zero-order valence-electron chi connectivity index (χ0n) is 23.1. The lowest BCUT2D eigenvalue weighted by atomic mass is 10.0. The van der Waals surface area contributed by atoms with Gasteiger partial charge in [-0.25, -0.2) is 0 Å². The zero-order chi connectivity index (χ0) is 28.3. The van der Waals surface area contributed by atoms with E-state index in [2.05, 4.69) is 119 Å². The molecule has 0 bridgehead atoms. The minimum absolute atomic E-state index is 0.825. The maximum atomic E-state index is 6.74. The Bertz CT molecular complexity index is 2450. The van der Waals surface area contributed by atoms with E-state index in [1.807, 2.05) is 36.5 Å². The van der Waals surface area contributed by atoms with Gasteiger partial charge in [0.25, 0.3) is 0 Å². The summed E-state index contributed by atoms with van der Waals surface area (Å²) < 4.78 is 13.1. The number of para-hydroxylation sites is 2. The fourth-order valence-electron chi connectivity index (χ4n) is 6.28. The van der Waals surface area contributed by atoms with Crippen LogP contribution in [0, 0.1) is 0 Å². The lowest BCUT2D eigenvalue weighted by molar-refractivity contribution is 0.668. The summed E-state index contributed by atoms with van der Waals surface area (Å²) in [7, 11) is 0. The molecule has 0 radical (unpaired) electrons. The van der Waals surface area contributed by atoms with Crippen LogP contribution in [0.2, 0.25) is 0 Å². The molecule has 3 aromatic heterocycles. The van der Waals surface area contributed by atoms with Crippen LogP contribution < -0.4 is 4.90 Å². The largest absolute Gasteiger partial charge is 0.456 e. The van der Waals surface area contributed by atoms with Crippen molar-refractivity contribution < 1.29 is 8.83 Å². The molecular formula is C39H24N2O2. The summed E-state index contributed by atoms with van der Waals surface area (Å²) in [5.74, 6) is 0. The number of hydrogen-bond acceptors (Lipinski definition) is 4. The van der Waals surface area contributed by atoms with Crippen LogP contribution in [0.15, 0.2) is 155 Å². The fourth-order valence-corrected chi connectivity index (χ4v) is 6.28. The van der Waals surface area contributed by atoms with E-state index in [1.54, 1.807) is 0 Å². The standard InChI is InChI=1S/C39H24N2O2/c1-2-8-25(9-3-1)26-15-17-27(18-16-26)41(28-19-20-30-29-10-4-5-14-36(29)42-37(30)24-28)35-13-6-11-31-32-21-22-34-33(12-7-23-40-34)38(32)43-39(31)35/h1-24H. The molecule has 0 saturated heterocycles. The van der Waals surface area contributed by atoms with Gasteiger partial charge in [0.05, 0.1) is 16.9 Å². The highest BCUT2D eigenvalue weighted by molar-refractivity contribution is 6.17. The molecule has 3 heterocycles. The highest BCUT2D eigenvalue weighted by atomic mass is 16.3. The monoisotopic (exact) mass is 552 g/mol. The van der Waals surface area contributed by atoms with Gasteiger partial charge in [-0.2, -0.15) is 0 Å². The molecule has 0 fully saturated rings. The van der Waals surface area contributed by atoms with Gasteiger partial charge in [-0.05, 0) is 71.8 Å². The number of nitrogens with zero attached hydrogens (tertiary/aromatic N) is 2. The number of hydrogen-bond donors (Lipinski definition) is 0. The van der Waals surface area contributed by atoms with Gasteiger partial charge in [0.1, 0.15) is 16.7 Å². The number of benzene rings is 6. The molecule has 9 rings (SSSR count). The van der Waals surface area contributed by atoms with E-state index in [0.29, 0.717) is 0 Å². The van der Waals surface area contributed by atoms with Gasteiger partial charge < -0.3 is 13.7 Å². The lowest BCUT2D eigenvalue weighted by Gasteiger charge is -2.25. The molecule has 4 nitrogen and oxygen atoms in total. The van der Waals surface area contributed by atoms with Crippen molar-refractivity contribution in [1.82, 2.24) is 4.98 Å². The van der Waals surface area contributed by atoms with Crippen LogP contribution in [-0.2, 0) is 0 Å². The SMILES string of the molecule is c1ccc(-c2ccc(N(c3ccc4c(c3)oc3ccccc34)c3cccc4c3oc3c5cccnc5ccc43)cc2)cc1. The van der Waals surface area contributed by atoms with Crippen LogP contribution in [0.3, 0.4) is 0 Å². The fraction of sp³-hybridized carbons (Fsp3) is 0. The minimum Gasteiger partial charge on any atom is -0.456 e. The summed E-state index contributed by atoms with van der Waals surface area (Å²) in [4.78, 5) is 6.81. The molecule has 0 saturated carbocycles. The van der Waals surface area contributed by atoms with E-state index >= 15 is 0 Å². The van der Waals surface area contributed by atoms with Crippen molar-refractivity contribution in [3.8, 4) is 11.1 Å². The molecule has 9 aromatic rings. The van der Waals surface area contributed by atoms with Crippen LogP contribution >= 0.6 is 0 Å². The lowest BCUT2D eigenvalue weighted by Crippen LogP contribution is -2.10. The van der Waals surface area contributed by atoms with Gasteiger partial charge in [-0.15, -0.1) is 0 Å². The molecule has 0 unspecified atom stereocenters. The second kappa shape index (κ2) is 9.33. The maximum absolute atomic E-state index is 6.74. The molecule has 6 aromatic carbocycles. The van der Waals surface area contributed by atoms with Crippen molar-refractivity contribution in [3.63, 3.8) is 0 Å². The van der Waals surface area contributed by atoms with Crippen molar-refractivity contribution in [1.29, 1.82) is 0 Å². The van der Waals surface area contributed by atoms with Crippen LogP contribution in [0.4, 0.5) is 17.1 Å². The van der Waals surface area contributed by atoms with Crippen LogP contribution in [0.5, 0.6) is 0 Å². The van der Waals surface area contributed by atoms with Crippen molar-refractivity contribution in [2.45, 2.75) is 0 Å². The number of aromatic nitrogens is 1. The van der Waals surface area contributed by atoms with Gasteiger partial charge in [-0.3, -0.25) is 4.98 Å². The highest BCUT2D eigenvalue weighted by Gasteiger charge is 2.21. The summed E-state index contributed by atoms with van der Waals surface area (Å²) in [5.41, 5.74) is 9.63. The molecule has 0 aliphatic rings. The second-order valence-electron chi connectivity index (χ2n) is 10.8. The summed E-state index contributed by atoms with van der Waals surface area (Å²) >= 11 is 0. The Hall–Kier alpha value is -5.87. The zero-order valence-corrected chi connectivity index (χ0v) is 23.1. The Balaban J connectivity index is 1.29. The summed E-state index contributed by atoms with van der Waals surface area (Å²) in [6.45, 7) is 0. The first-order chi connectivity index (χ1) is 21.3. The third-order valence-electron chi connectivity index (χ3n) is 8.32. The normalized spacial score (nSPS) is 11.7. The molecule has 0 spiro atoms. The molecule has 0 N–H and O–H groups in total. The Morgan fingerprint density at radius 1 is 0.442 bits per heavy atom. The van der Waals surface area contributed by atoms with Crippen molar-refractivity contribution in [3.05, 3.63) is 146 Å². The molecule has 43 heavy (non-hydrogen) atoms. The van der Waals surface area contributed by atoms with E-state index in [1.165, 1.54) is 5.56 Å². The smallest absolute Gasteiger partial charge is 0.159 e. The number of fused-ring (bicyclic) bond motifs is 8. The van der Waals surface area contributed by atoms with Crippen LogP contribution in [0.1, 0.15) is 0 Å². The quantitative estimate of drug-likeness (QED) is 0.218. The van der Waals surface area contributed by atoms with E-state index in [9.17, 15) is 0 Å². The Kier molecular flexibility index (Phi) is 5.16. The molecule has 0 amide bonds. The van der Waals surface area contributed by atoms with Crippen molar-refractivity contribution >= 4 is 71.8 Å². The maximum Gasteiger partial charge on any atom is 0.159 e. The predicted molar refractivity (Wildman–Crippen MR) is 176 cm³/mol. The molecule has 0 aliphatic heterocycles. The topological polar surface area (TPSA) is 42.4 Å². The minimum atomic E-state index is 0.825. The first-order valence-corrected chi connectivity index (χ1v) is 14.4. The van der Waals surface area contributed by atoms with Crippen LogP contribution in [0.25, 0.3) is 65.9 Å². The number of anilines is 3. The molecule has 202 valence electrons. The first kappa shape index (κ1) is 23.8. The van der Waals surface area contributed by atoms with Gasteiger partial charge in [0.15, 0.2) is 5.58 Å².